The van der Waals surface area contributed by atoms with E-state index in [4.69, 9.17) is 5.73 Å². The summed E-state index contributed by atoms with van der Waals surface area (Å²) in [6.07, 6.45) is 8.96. The Morgan fingerprint density at radius 1 is 1.16 bits per heavy atom. The Bertz CT molecular complexity index is 523. The maximum Gasteiger partial charge on any atom is 0.0951 e. The van der Waals surface area contributed by atoms with Gasteiger partial charge in [0.1, 0.15) is 0 Å². The molecule has 0 atom stereocenters. The number of rotatable bonds is 5. The van der Waals surface area contributed by atoms with Crippen LogP contribution in [0.5, 0.6) is 0 Å². The molecule has 2 N–H and O–H groups in total. The maximum atomic E-state index is 5.57. The zero-order valence-corrected chi connectivity index (χ0v) is 11.3. The average molecular weight is 255 g/mol. The second-order valence-electron chi connectivity index (χ2n) is 5.43. The molecule has 0 radical (unpaired) electrons. The SMILES string of the molecule is NCCc1ccc(Cn2cncc2C2CCC2)cc1. The van der Waals surface area contributed by atoms with Crippen molar-refractivity contribution in [3.8, 4) is 0 Å². The van der Waals surface area contributed by atoms with Gasteiger partial charge in [-0.15, -0.1) is 0 Å². The lowest BCUT2D eigenvalue weighted by Gasteiger charge is -2.26. The second kappa shape index (κ2) is 5.57. The van der Waals surface area contributed by atoms with E-state index < -0.39 is 0 Å². The van der Waals surface area contributed by atoms with Gasteiger partial charge in [0.05, 0.1) is 6.33 Å². The molecular formula is C16H21N3. The number of aromatic nitrogens is 2. The average Bonchev–Trinajstić information content (AvgIpc) is 2.78. The van der Waals surface area contributed by atoms with E-state index >= 15 is 0 Å². The van der Waals surface area contributed by atoms with Crippen molar-refractivity contribution in [1.29, 1.82) is 0 Å². The summed E-state index contributed by atoms with van der Waals surface area (Å²) in [5.74, 6) is 0.735. The highest BCUT2D eigenvalue weighted by atomic mass is 15.0. The first-order valence-electron chi connectivity index (χ1n) is 7.15. The van der Waals surface area contributed by atoms with E-state index in [1.165, 1.54) is 36.1 Å². The lowest BCUT2D eigenvalue weighted by molar-refractivity contribution is 0.399. The highest BCUT2D eigenvalue weighted by Gasteiger charge is 2.22. The Balaban J connectivity index is 1.72. The van der Waals surface area contributed by atoms with Crippen LogP contribution in [-0.2, 0) is 13.0 Å². The number of hydrogen-bond acceptors (Lipinski definition) is 2. The van der Waals surface area contributed by atoms with Crippen LogP contribution < -0.4 is 5.73 Å². The summed E-state index contributed by atoms with van der Waals surface area (Å²) >= 11 is 0. The molecule has 1 aliphatic rings. The minimum Gasteiger partial charge on any atom is -0.330 e. The van der Waals surface area contributed by atoms with E-state index in [9.17, 15) is 0 Å². The molecule has 1 aliphatic carbocycles. The Morgan fingerprint density at radius 2 is 1.89 bits per heavy atom. The largest absolute Gasteiger partial charge is 0.330 e. The van der Waals surface area contributed by atoms with Crippen molar-refractivity contribution < 1.29 is 0 Å². The zero-order valence-electron chi connectivity index (χ0n) is 11.3. The first kappa shape index (κ1) is 12.4. The normalized spacial score (nSPS) is 15.4. The van der Waals surface area contributed by atoms with Gasteiger partial charge in [-0.1, -0.05) is 30.7 Å². The summed E-state index contributed by atoms with van der Waals surface area (Å²) < 4.78 is 2.29. The lowest BCUT2D eigenvalue weighted by atomic mass is 9.83. The Morgan fingerprint density at radius 3 is 2.53 bits per heavy atom. The summed E-state index contributed by atoms with van der Waals surface area (Å²) in [4.78, 5) is 4.31. The van der Waals surface area contributed by atoms with Crippen LogP contribution in [0.2, 0.25) is 0 Å². The molecular weight excluding hydrogens is 234 g/mol. The zero-order chi connectivity index (χ0) is 13.1. The summed E-state index contributed by atoms with van der Waals surface area (Å²) in [7, 11) is 0. The number of benzene rings is 1. The van der Waals surface area contributed by atoms with Crippen LogP contribution in [0.4, 0.5) is 0 Å². The van der Waals surface area contributed by atoms with Gasteiger partial charge in [0.15, 0.2) is 0 Å². The molecule has 3 heteroatoms. The molecule has 0 amide bonds. The minimum atomic E-state index is 0.715. The van der Waals surface area contributed by atoms with Gasteiger partial charge in [-0.05, 0) is 36.9 Å². The molecule has 1 aromatic carbocycles. The maximum absolute atomic E-state index is 5.57. The predicted molar refractivity (Wildman–Crippen MR) is 77.1 cm³/mol. The van der Waals surface area contributed by atoms with Crippen molar-refractivity contribution in [2.45, 2.75) is 38.1 Å². The molecule has 1 fully saturated rings. The minimum absolute atomic E-state index is 0.715. The third kappa shape index (κ3) is 2.71. The van der Waals surface area contributed by atoms with Crippen LogP contribution in [0.1, 0.15) is 42.0 Å². The van der Waals surface area contributed by atoms with Crippen LogP contribution in [0.25, 0.3) is 0 Å². The number of imidazole rings is 1. The van der Waals surface area contributed by atoms with Gasteiger partial charge in [-0.3, -0.25) is 0 Å². The van der Waals surface area contributed by atoms with Crippen LogP contribution in [0.3, 0.4) is 0 Å². The van der Waals surface area contributed by atoms with E-state index in [1.807, 2.05) is 12.5 Å². The number of nitrogens with two attached hydrogens (primary N) is 1. The molecule has 2 aromatic rings. The Labute approximate surface area is 114 Å². The Hall–Kier alpha value is -1.61. The quantitative estimate of drug-likeness (QED) is 0.892. The molecule has 0 saturated heterocycles. The highest BCUT2D eigenvalue weighted by Crippen LogP contribution is 2.36. The molecule has 3 nitrogen and oxygen atoms in total. The van der Waals surface area contributed by atoms with Gasteiger partial charge < -0.3 is 10.3 Å². The standard InChI is InChI=1S/C16H21N3/c17-9-8-13-4-6-14(7-5-13)11-19-12-18-10-16(19)15-2-1-3-15/h4-7,10,12,15H,1-3,8-9,11,17H2. The molecule has 0 unspecified atom stereocenters. The first-order chi connectivity index (χ1) is 9.36. The molecule has 3 rings (SSSR count). The van der Waals surface area contributed by atoms with E-state index in [1.54, 1.807) is 0 Å². The smallest absolute Gasteiger partial charge is 0.0951 e. The Kier molecular flexibility index (Phi) is 3.65. The second-order valence-corrected chi connectivity index (χ2v) is 5.43. The summed E-state index contributed by atoms with van der Waals surface area (Å²) in [5.41, 5.74) is 9.62. The van der Waals surface area contributed by atoms with Gasteiger partial charge in [-0.25, -0.2) is 4.98 Å². The number of hydrogen-bond donors (Lipinski definition) is 1. The van der Waals surface area contributed by atoms with Crippen molar-refractivity contribution >= 4 is 0 Å². The van der Waals surface area contributed by atoms with Crippen molar-refractivity contribution in [2.24, 2.45) is 5.73 Å². The third-order valence-corrected chi connectivity index (χ3v) is 4.08. The monoisotopic (exact) mass is 255 g/mol. The lowest BCUT2D eigenvalue weighted by Crippen LogP contribution is -2.14. The molecule has 1 saturated carbocycles. The van der Waals surface area contributed by atoms with E-state index in [-0.39, 0.29) is 0 Å². The van der Waals surface area contributed by atoms with Crippen molar-refractivity contribution in [3.63, 3.8) is 0 Å². The molecule has 19 heavy (non-hydrogen) atoms. The fraction of sp³-hybridized carbons (Fsp3) is 0.438. The molecule has 0 aliphatic heterocycles. The van der Waals surface area contributed by atoms with E-state index in [0.717, 1.165) is 18.9 Å². The first-order valence-corrected chi connectivity index (χ1v) is 7.15. The van der Waals surface area contributed by atoms with Gasteiger partial charge in [0.2, 0.25) is 0 Å². The van der Waals surface area contributed by atoms with Gasteiger partial charge in [-0.2, -0.15) is 0 Å². The van der Waals surface area contributed by atoms with Crippen LogP contribution >= 0.6 is 0 Å². The summed E-state index contributed by atoms with van der Waals surface area (Å²) in [6, 6.07) is 8.77. The van der Waals surface area contributed by atoms with E-state index in [0.29, 0.717) is 6.54 Å². The fourth-order valence-corrected chi connectivity index (χ4v) is 2.68. The van der Waals surface area contributed by atoms with Crippen molar-refractivity contribution in [1.82, 2.24) is 9.55 Å². The van der Waals surface area contributed by atoms with Gasteiger partial charge in [0.25, 0.3) is 0 Å². The molecule has 0 spiro atoms. The van der Waals surface area contributed by atoms with Gasteiger partial charge >= 0.3 is 0 Å². The predicted octanol–water partition coefficient (Wildman–Crippen LogP) is 2.70. The fourth-order valence-electron chi connectivity index (χ4n) is 2.68. The highest BCUT2D eigenvalue weighted by molar-refractivity contribution is 5.24. The van der Waals surface area contributed by atoms with Crippen molar-refractivity contribution in [3.05, 3.63) is 53.6 Å². The van der Waals surface area contributed by atoms with Crippen LogP contribution in [-0.4, -0.2) is 16.1 Å². The topological polar surface area (TPSA) is 43.8 Å². The molecule has 1 heterocycles. The van der Waals surface area contributed by atoms with Crippen LogP contribution in [0.15, 0.2) is 36.8 Å². The number of nitrogens with zero attached hydrogens (tertiary/aromatic N) is 2. The third-order valence-electron chi connectivity index (χ3n) is 4.08. The summed E-state index contributed by atoms with van der Waals surface area (Å²) in [5, 5.41) is 0. The van der Waals surface area contributed by atoms with Gasteiger partial charge in [0, 0.05) is 24.4 Å². The van der Waals surface area contributed by atoms with E-state index in [2.05, 4.69) is 33.8 Å². The molecule has 0 bridgehead atoms. The molecule has 1 aromatic heterocycles. The summed E-state index contributed by atoms with van der Waals surface area (Å²) in [6.45, 7) is 1.64. The van der Waals surface area contributed by atoms with Crippen LogP contribution in [0, 0.1) is 0 Å². The molecule has 100 valence electrons. The van der Waals surface area contributed by atoms with Crippen molar-refractivity contribution in [2.75, 3.05) is 6.54 Å².